The molecule has 21 heavy (non-hydrogen) atoms. The van der Waals surface area contributed by atoms with Gasteiger partial charge < -0.3 is 4.74 Å². The van der Waals surface area contributed by atoms with E-state index in [0.29, 0.717) is 5.56 Å². The van der Waals surface area contributed by atoms with Gasteiger partial charge in [0.15, 0.2) is 0 Å². The van der Waals surface area contributed by atoms with Crippen LogP contribution >= 0.6 is 0 Å². The summed E-state index contributed by atoms with van der Waals surface area (Å²) < 4.78 is 5.59. The molecule has 0 unspecified atom stereocenters. The summed E-state index contributed by atoms with van der Waals surface area (Å²) in [6, 6.07) is 5.63. The SMILES string of the molecule is COC(=O)c1nn(-c2c(C)cccc2[N+](=O)[O-])ccc1=O. The van der Waals surface area contributed by atoms with Crippen molar-refractivity contribution in [2.24, 2.45) is 0 Å². The lowest BCUT2D eigenvalue weighted by Crippen LogP contribution is -2.22. The number of esters is 1. The van der Waals surface area contributed by atoms with Crippen LogP contribution in [-0.2, 0) is 4.74 Å². The molecular formula is C13H11N3O5. The molecule has 2 aromatic rings. The zero-order valence-corrected chi connectivity index (χ0v) is 11.3. The lowest BCUT2D eigenvalue weighted by Gasteiger charge is -2.09. The van der Waals surface area contributed by atoms with Crippen molar-refractivity contribution in [3.05, 3.63) is 62.1 Å². The highest BCUT2D eigenvalue weighted by Gasteiger charge is 2.20. The molecule has 0 amide bonds. The van der Waals surface area contributed by atoms with Gasteiger partial charge in [-0.05, 0) is 12.5 Å². The van der Waals surface area contributed by atoms with Crippen LogP contribution in [0.4, 0.5) is 5.69 Å². The van der Waals surface area contributed by atoms with Gasteiger partial charge in [-0.15, -0.1) is 0 Å². The lowest BCUT2D eigenvalue weighted by atomic mass is 10.1. The van der Waals surface area contributed by atoms with E-state index in [-0.39, 0.29) is 11.4 Å². The molecule has 8 heteroatoms. The number of hydrogen-bond acceptors (Lipinski definition) is 6. The maximum atomic E-state index is 11.6. The predicted molar refractivity (Wildman–Crippen MR) is 72.6 cm³/mol. The highest BCUT2D eigenvalue weighted by molar-refractivity contribution is 5.86. The van der Waals surface area contributed by atoms with Crippen LogP contribution in [0.5, 0.6) is 0 Å². The monoisotopic (exact) mass is 289 g/mol. The number of benzene rings is 1. The standard InChI is InChI=1S/C13H11N3O5/c1-8-4-3-5-9(16(19)20)12(8)15-7-6-10(17)11(14-15)13(18)21-2/h3-7H,1-2H3. The van der Waals surface area contributed by atoms with Crippen LogP contribution in [0, 0.1) is 17.0 Å². The van der Waals surface area contributed by atoms with Gasteiger partial charge in [-0.3, -0.25) is 14.9 Å². The number of hydrogen-bond donors (Lipinski definition) is 0. The first-order chi connectivity index (χ1) is 9.95. The van der Waals surface area contributed by atoms with Crippen molar-refractivity contribution in [1.82, 2.24) is 9.78 Å². The second-order valence-electron chi connectivity index (χ2n) is 4.16. The number of nitro benzene ring substituents is 1. The fourth-order valence-corrected chi connectivity index (χ4v) is 1.86. The summed E-state index contributed by atoms with van der Waals surface area (Å²) >= 11 is 0. The van der Waals surface area contributed by atoms with Crippen LogP contribution in [0.1, 0.15) is 16.1 Å². The molecule has 1 aromatic carbocycles. The molecule has 2 rings (SSSR count). The molecule has 0 fully saturated rings. The zero-order chi connectivity index (χ0) is 15.6. The van der Waals surface area contributed by atoms with Crippen molar-refractivity contribution < 1.29 is 14.5 Å². The van der Waals surface area contributed by atoms with Gasteiger partial charge in [0.05, 0.1) is 12.0 Å². The highest BCUT2D eigenvalue weighted by atomic mass is 16.6. The average Bonchev–Trinajstić information content (AvgIpc) is 2.47. The van der Waals surface area contributed by atoms with E-state index in [1.165, 1.54) is 12.3 Å². The van der Waals surface area contributed by atoms with Gasteiger partial charge in [0, 0.05) is 18.3 Å². The first kappa shape index (κ1) is 14.4. The largest absolute Gasteiger partial charge is 0.464 e. The van der Waals surface area contributed by atoms with E-state index in [4.69, 9.17) is 0 Å². The van der Waals surface area contributed by atoms with Gasteiger partial charge in [0.25, 0.3) is 5.69 Å². The molecule has 8 nitrogen and oxygen atoms in total. The second-order valence-corrected chi connectivity index (χ2v) is 4.16. The number of rotatable bonds is 3. The van der Waals surface area contributed by atoms with Crippen molar-refractivity contribution in [2.45, 2.75) is 6.92 Å². The molecule has 0 spiro atoms. The number of methoxy groups -OCH3 is 1. The Bertz CT molecular complexity index is 782. The van der Waals surface area contributed by atoms with E-state index in [0.717, 1.165) is 17.9 Å². The van der Waals surface area contributed by atoms with Crippen LogP contribution in [0.3, 0.4) is 0 Å². The Morgan fingerprint density at radius 3 is 2.71 bits per heavy atom. The van der Waals surface area contributed by atoms with E-state index in [1.54, 1.807) is 19.1 Å². The molecule has 0 bridgehead atoms. The Morgan fingerprint density at radius 2 is 2.10 bits per heavy atom. The molecule has 0 aliphatic carbocycles. The summed E-state index contributed by atoms with van der Waals surface area (Å²) in [6.07, 6.45) is 1.27. The minimum Gasteiger partial charge on any atom is -0.464 e. The number of carbonyl (C=O) groups excluding carboxylic acids is 1. The van der Waals surface area contributed by atoms with Crippen LogP contribution in [0.15, 0.2) is 35.3 Å². The molecule has 1 aromatic heterocycles. The number of ether oxygens (including phenoxy) is 1. The van der Waals surface area contributed by atoms with Crippen LogP contribution in [0.2, 0.25) is 0 Å². The van der Waals surface area contributed by atoms with Gasteiger partial charge in [-0.25, -0.2) is 9.48 Å². The number of nitrogens with zero attached hydrogens (tertiary/aromatic N) is 3. The van der Waals surface area contributed by atoms with Gasteiger partial charge >= 0.3 is 5.97 Å². The van der Waals surface area contributed by atoms with Crippen molar-refractivity contribution in [3.8, 4) is 5.69 Å². The highest BCUT2D eigenvalue weighted by Crippen LogP contribution is 2.25. The van der Waals surface area contributed by atoms with Crippen molar-refractivity contribution in [1.29, 1.82) is 0 Å². The molecule has 108 valence electrons. The van der Waals surface area contributed by atoms with Crippen LogP contribution in [-0.4, -0.2) is 27.8 Å². The minimum absolute atomic E-state index is 0.179. The smallest absolute Gasteiger partial charge is 0.362 e. The molecule has 0 atom stereocenters. The van der Waals surface area contributed by atoms with E-state index in [2.05, 4.69) is 9.84 Å². The van der Waals surface area contributed by atoms with E-state index < -0.39 is 22.0 Å². The van der Waals surface area contributed by atoms with Gasteiger partial charge in [0.1, 0.15) is 5.69 Å². The normalized spacial score (nSPS) is 10.2. The first-order valence-corrected chi connectivity index (χ1v) is 5.88. The fraction of sp³-hybridized carbons (Fsp3) is 0.154. The van der Waals surface area contributed by atoms with Crippen molar-refractivity contribution >= 4 is 11.7 Å². The van der Waals surface area contributed by atoms with Crippen LogP contribution in [0.25, 0.3) is 5.69 Å². The Morgan fingerprint density at radius 1 is 1.38 bits per heavy atom. The molecule has 1 heterocycles. The molecular weight excluding hydrogens is 278 g/mol. The molecule has 0 aliphatic rings. The Balaban J connectivity index is 2.71. The quantitative estimate of drug-likeness (QED) is 0.478. The van der Waals surface area contributed by atoms with Gasteiger partial charge in [-0.2, -0.15) is 5.10 Å². The van der Waals surface area contributed by atoms with E-state index in [9.17, 15) is 19.7 Å². The Labute approximate surface area is 118 Å². The Kier molecular flexibility index (Phi) is 3.79. The molecule has 0 radical (unpaired) electrons. The maximum Gasteiger partial charge on any atom is 0.362 e. The third-order valence-electron chi connectivity index (χ3n) is 2.83. The number of aromatic nitrogens is 2. The third-order valence-corrected chi connectivity index (χ3v) is 2.83. The maximum absolute atomic E-state index is 11.6. The first-order valence-electron chi connectivity index (χ1n) is 5.88. The average molecular weight is 289 g/mol. The zero-order valence-electron chi connectivity index (χ0n) is 11.3. The number of nitro groups is 1. The van der Waals surface area contributed by atoms with Gasteiger partial charge in [-0.1, -0.05) is 12.1 Å². The predicted octanol–water partition coefficient (Wildman–Crippen LogP) is 1.24. The van der Waals surface area contributed by atoms with Gasteiger partial charge in [0.2, 0.25) is 11.1 Å². The van der Waals surface area contributed by atoms with Crippen molar-refractivity contribution in [3.63, 3.8) is 0 Å². The fourth-order valence-electron chi connectivity index (χ4n) is 1.86. The van der Waals surface area contributed by atoms with E-state index >= 15 is 0 Å². The second kappa shape index (κ2) is 5.53. The summed E-state index contributed by atoms with van der Waals surface area (Å²) in [4.78, 5) is 33.6. The number of para-hydroxylation sites is 1. The Hall–Kier alpha value is -3.03. The lowest BCUT2D eigenvalue weighted by molar-refractivity contribution is -0.384. The third kappa shape index (κ3) is 2.64. The minimum atomic E-state index is -0.898. The van der Waals surface area contributed by atoms with Crippen LogP contribution < -0.4 is 5.43 Å². The van der Waals surface area contributed by atoms with Crippen molar-refractivity contribution in [2.75, 3.05) is 7.11 Å². The van der Waals surface area contributed by atoms with E-state index in [1.807, 2.05) is 0 Å². The summed E-state index contributed by atoms with van der Waals surface area (Å²) in [5.74, 6) is -0.898. The number of carbonyl (C=O) groups is 1. The topological polar surface area (TPSA) is 104 Å². The summed E-state index contributed by atoms with van der Waals surface area (Å²) in [5.41, 5.74) is -0.460. The number of aryl methyl sites for hydroxylation is 1. The molecule has 0 aliphatic heterocycles. The molecule has 0 saturated carbocycles. The summed E-state index contributed by atoms with van der Waals surface area (Å²) in [7, 11) is 1.12. The summed E-state index contributed by atoms with van der Waals surface area (Å²) in [6.45, 7) is 1.67. The molecule has 0 N–H and O–H groups in total. The summed E-state index contributed by atoms with van der Waals surface area (Å²) in [5, 5.41) is 14.9. The molecule has 0 saturated heterocycles.